The normalized spacial score (nSPS) is 14.9. The first-order valence-electron chi connectivity index (χ1n) is 12.7. The van der Waals surface area contributed by atoms with Crippen molar-refractivity contribution in [2.24, 2.45) is 0 Å². The molecule has 0 aliphatic carbocycles. The number of nitrogens with two attached hydrogens (primary N) is 1. The number of carbonyl (C=O) groups is 1. The van der Waals surface area contributed by atoms with Gasteiger partial charge in [0.2, 0.25) is 0 Å². The number of benzene rings is 3. The minimum Gasteiger partial charge on any atom is -0.507 e. The molecule has 1 unspecified atom stereocenters. The van der Waals surface area contributed by atoms with Crippen molar-refractivity contribution >= 4 is 22.6 Å². The standard InChI is InChI=1S/C28H26N4O2.C2HF3O2/c29-15-23-22(19-9-5-13-31-16-19)14-24(32-28(23)30)27-25(33)11-4-12-26(27)34-17-20-8-3-7-18-6-1-2-10-21(18)20;3-2(4,5)1(6)7/h1-4,6-8,10-12,14,19,31,33H,5,9,13,16-17H2,(H2,30,32);(H,6,7). The van der Waals surface area contributed by atoms with Crippen molar-refractivity contribution in [3.63, 3.8) is 0 Å². The lowest BCUT2D eigenvalue weighted by Crippen LogP contribution is -2.29. The largest absolute Gasteiger partial charge is 0.507 e. The quantitative estimate of drug-likeness (QED) is 0.240. The number of hydrogen-bond donors (Lipinski definition) is 4. The van der Waals surface area contributed by atoms with Crippen molar-refractivity contribution in [2.45, 2.75) is 31.5 Å². The lowest BCUT2D eigenvalue weighted by atomic mass is 9.88. The van der Waals surface area contributed by atoms with Crippen LogP contribution in [0.25, 0.3) is 22.0 Å². The molecule has 41 heavy (non-hydrogen) atoms. The Labute approximate surface area is 233 Å². The number of carboxylic acids is 1. The topological polar surface area (TPSA) is 141 Å². The number of phenolic OH excluding ortho intramolecular Hbond substituents is 1. The number of nitrogen functional groups attached to an aromatic ring is 1. The van der Waals surface area contributed by atoms with Crippen molar-refractivity contribution in [3.8, 4) is 28.8 Å². The number of alkyl halides is 3. The number of anilines is 1. The van der Waals surface area contributed by atoms with E-state index in [0.717, 1.165) is 47.8 Å². The molecule has 3 aromatic carbocycles. The number of halogens is 3. The molecule has 11 heteroatoms. The Bertz CT molecular complexity index is 1590. The highest BCUT2D eigenvalue weighted by Gasteiger charge is 2.38. The van der Waals surface area contributed by atoms with E-state index in [1.54, 1.807) is 12.1 Å². The van der Waals surface area contributed by atoms with Crippen LogP contribution >= 0.6 is 0 Å². The second-order valence-corrected chi connectivity index (χ2v) is 9.39. The van der Waals surface area contributed by atoms with Gasteiger partial charge in [-0.3, -0.25) is 0 Å². The smallest absolute Gasteiger partial charge is 0.490 e. The monoisotopic (exact) mass is 564 g/mol. The van der Waals surface area contributed by atoms with Crippen molar-refractivity contribution in [2.75, 3.05) is 18.8 Å². The SMILES string of the molecule is N#Cc1c(C2CCCNC2)cc(-c2c(O)cccc2OCc2cccc3ccccc23)nc1N.O=C(O)C(F)(F)F. The van der Waals surface area contributed by atoms with Crippen LogP contribution < -0.4 is 15.8 Å². The summed E-state index contributed by atoms with van der Waals surface area (Å²) in [5.74, 6) is -1.85. The summed E-state index contributed by atoms with van der Waals surface area (Å²) in [6.45, 7) is 2.09. The van der Waals surface area contributed by atoms with Crippen molar-refractivity contribution in [1.29, 1.82) is 5.26 Å². The molecule has 1 aliphatic heterocycles. The van der Waals surface area contributed by atoms with Gasteiger partial charge in [0.25, 0.3) is 0 Å². The van der Waals surface area contributed by atoms with Crippen LogP contribution in [0.15, 0.2) is 66.7 Å². The Morgan fingerprint density at radius 1 is 1.15 bits per heavy atom. The molecule has 2 heterocycles. The number of aliphatic carboxylic acids is 1. The molecular formula is C30H27F3N4O4. The third-order valence-corrected chi connectivity index (χ3v) is 6.69. The van der Waals surface area contributed by atoms with Gasteiger partial charge in [-0.2, -0.15) is 18.4 Å². The number of phenols is 1. The van der Waals surface area contributed by atoms with Crippen LogP contribution in [0, 0.1) is 11.3 Å². The molecule has 1 saturated heterocycles. The summed E-state index contributed by atoms with van der Waals surface area (Å²) in [5, 5.41) is 33.3. The molecule has 5 rings (SSSR count). The second-order valence-electron chi connectivity index (χ2n) is 9.39. The fourth-order valence-electron chi connectivity index (χ4n) is 4.75. The van der Waals surface area contributed by atoms with Crippen molar-refractivity contribution in [1.82, 2.24) is 10.3 Å². The molecule has 1 aliphatic rings. The Kier molecular flexibility index (Phi) is 8.94. The van der Waals surface area contributed by atoms with E-state index in [1.807, 2.05) is 36.4 Å². The molecule has 0 saturated carbocycles. The van der Waals surface area contributed by atoms with E-state index in [-0.39, 0.29) is 17.5 Å². The molecule has 0 radical (unpaired) electrons. The van der Waals surface area contributed by atoms with E-state index in [0.29, 0.717) is 29.2 Å². The fourth-order valence-corrected chi connectivity index (χ4v) is 4.75. The molecular weight excluding hydrogens is 537 g/mol. The first kappa shape index (κ1) is 29.2. The zero-order valence-electron chi connectivity index (χ0n) is 21.8. The molecule has 4 aromatic rings. The predicted molar refractivity (Wildman–Crippen MR) is 147 cm³/mol. The summed E-state index contributed by atoms with van der Waals surface area (Å²) in [5.41, 5.74) is 9.53. The van der Waals surface area contributed by atoms with Crippen molar-refractivity contribution in [3.05, 3.63) is 83.4 Å². The highest BCUT2D eigenvalue weighted by molar-refractivity contribution is 5.85. The van der Waals surface area contributed by atoms with Gasteiger partial charge < -0.3 is 26.0 Å². The van der Waals surface area contributed by atoms with Crippen LogP contribution in [0.2, 0.25) is 0 Å². The average molecular weight is 565 g/mol. The van der Waals surface area contributed by atoms with E-state index in [1.165, 1.54) is 0 Å². The van der Waals surface area contributed by atoms with Gasteiger partial charge in [0.1, 0.15) is 30.0 Å². The average Bonchev–Trinajstić information content (AvgIpc) is 2.96. The van der Waals surface area contributed by atoms with E-state index >= 15 is 0 Å². The van der Waals surface area contributed by atoms with Crippen LogP contribution in [0.4, 0.5) is 19.0 Å². The highest BCUT2D eigenvalue weighted by Crippen LogP contribution is 2.40. The lowest BCUT2D eigenvalue weighted by molar-refractivity contribution is -0.192. The maximum Gasteiger partial charge on any atom is 0.490 e. The molecule has 5 N–H and O–H groups in total. The summed E-state index contributed by atoms with van der Waals surface area (Å²) in [6.07, 6.45) is -3.08. The number of carboxylic acid groups (broad SMARTS) is 1. The van der Waals surface area contributed by atoms with E-state index in [2.05, 4.69) is 34.6 Å². The lowest BCUT2D eigenvalue weighted by Gasteiger charge is -2.25. The van der Waals surface area contributed by atoms with E-state index in [9.17, 15) is 23.5 Å². The van der Waals surface area contributed by atoms with Crippen LogP contribution in [0.1, 0.15) is 35.4 Å². The number of nitriles is 1. The second kappa shape index (κ2) is 12.6. The number of aromatic hydroxyl groups is 1. The molecule has 0 spiro atoms. The van der Waals surface area contributed by atoms with Crippen LogP contribution in [-0.4, -0.2) is 40.4 Å². The first-order valence-corrected chi connectivity index (χ1v) is 12.7. The Hall–Kier alpha value is -4.82. The van der Waals surface area contributed by atoms with Gasteiger partial charge >= 0.3 is 12.1 Å². The number of nitrogens with zero attached hydrogens (tertiary/aromatic N) is 2. The summed E-state index contributed by atoms with van der Waals surface area (Å²) in [4.78, 5) is 13.4. The molecule has 1 atom stereocenters. The van der Waals surface area contributed by atoms with Gasteiger partial charge in [0, 0.05) is 6.54 Å². The maximum absolute atomic E-state index is 10.8. The van der Waals surface area contributed by atoms with Gasteiger partial charge in [-0.05, 0) is 65.4 Å². The Morgan fingerprint density at radius 2 is 1.85 bits per heavy atom. The zero-order chi connectivity index (χ0) is 29.6. The first-order chi connectivity index (χ1) is 19.6. The molecule has 0 amide bonds. The fraction of sp³-hybridized carbons (Fsp3) is 0.233. The van der Waals surface area contributed by atoms with Gasteiger partial charge in [-0.15, -0.1) is 0 Å². The number of piperidine rings is 1. The number of ether oxygens (including phenoxy) is 1. The number of hydrogen-bond acceptors (Lipinski definition) is 7. The number of rotatable bonds is 5. The summed E-state index contributed by atoms with van der Waals surface area (Å²) >= 11 is 0. The third-order valence-electron chi connectivity index (χ3n) is 6.69. The minimum atomic E-state index is -5.08. The Balaban J connectivity index is 0.000000493. The number of pyridine rings is 1. The van der Waals surface area contributed by atoms with E-state index in [4.69, 9.17) is 20.4 Å². The predicted octanol–water partition coefficient (Wildman–Crippen LogP) is 5.74. The molecule has 8 nitrogen and oxygen atoms in total. The summed E-state index contributed by atoms with van der Waals surface area (Å²) in [7, 11) is 0. The van der Waals surface area contributed by atoms with Gasteiger partial charge in [-0.25, -0.2) is 9.78 Å². The number of fused-ring (bicyclic) bond motifs is 1. The molecule has 1 fully saturated rings. The van der Waals surface area contributed by atoms with Crippen LogP contribution in [-0.2, 0) is 11.4 Å². The number of aromatic nitrogens is 1. The van der Waals surface area contributed by atoms with Crippen LogP contribution in [0.3, 0.4) is 0 Å². The maximum atomic E-state index is 10.8. The Morgan fingerprint density at radius 3 is 2.54 bits per heavy atom. The van der Waals surface area contributed by atoms with Gasteiger partial charge in [0.15, 0.2) is 0 Å². The van der Waals surface area contributed by atoms with Gasteiger partial charge in [0.05, 0.1) is 16.8 Å². The molecule has 212 valence electrons. The summed E-state index contributed by atoms with van der Waals surface area (Å²) in [6, 6.07) is 23.6. The number of nitrogens with one attached hydrogen (secondary N) is 1. The van der Waals surface area contributed by atoms with Crippen LogP contribution in [0.5, 0.6) is 11.5 Å². The minimum absolute atomic E-state index is 0.0553. The molecule has 0 bridgehead atoms. The van der Waals surface area contributed by atoms with Gasteiger partial charge in [-0.1, -0.05) is 48.5 Å². The third kappa shape index (κ3) is 6.85. The summed E-state index contributed by atoms with van der Waals surface area (Å²) < 4.78 is 38.0. The van der Waals surface area contributed by atoms with Crippen molar-refractivity contribution < 1.29 is 32.9 Å². The van der Waals surface area contributed by atoms with E-state index < -0.39 is 12.1 Å². The molecule has 1 aromatic heterocycles. The zero-order valence-corrected chi connectivity index (χ0v) is 21.8. The highest BCUT2D eigenvalue weighted by atomic mass is 19.4.